The summed E-state index contributed by atoms with van der Waals surface area (Å²) in [5, 5.41) is 13.8. The van der Waals surface area contributed by atoms with Gasteiger partial charge in [0, 0.05) is 39.2 Å². The van der Waals surface area contributed by atoms with E-state index in [1.807, 2.05) is 128 Å². The monoisotopic (exact) mass is 1020 g/mol. The van der Waals surface area contributed by atoms with E-state index in [1.165, 1.54) is 34.0 Å². The van der Waals surface area contributed by atoms with Gasteiger partial charge >= 0.3 is 0 Å². The van der Waals surface area contributed by atoms with Crippen molar-refractivity contribution in [3.05, 3.63) is 171 Å². The summed E-state index contributed by atoms with van der Waals surface area (Å²) < 4.78 is 2.67. The average Bonchev–Trinajstić information content (AvgIpc) is 3.95. The molecule has 0 unspecified atom stereocenters. The molecule has 0 saturated carbocycles. The summed E-state index contributed by atoms with van der Waals surface area (Å²) in [6.45, 7) is 3.95. The van der Waals surface area contributed by atoms with Gasteiger partial charge in [-0.05, 0) is 133 Å². The third-order valence-corrected chi connectivity index (χ3v) is 14.2. The van der Waals surface area contributed by atoms with Gasteiger partial charge in [-0.15, -0.1) is 34.0 Å². The molecule has 3 aromatic carbocycles. The summed E-state index contributed by atoms with van der Waals surface area (Å²) in [7, 11) is 0. The highest BCUT2D eigenvalue weighted by molar-refractivity contribution is 9.11. The van der Waals surface area contributed by atoms with Gasteiger partial charge in [-0.25, -0.2) is 0 Å². The van der Waals surface area contributed by atoms with Crippen LogP contribution in [0.3, 0.4) is 0 Å². The van der Waals surface area contributed by atoms with Crippen LogP contribution in [0.1, 0.15) is 40.1 Å². The van der Waals surface area contributed by atoms with Crippen LogP contribution in [-0.4, -0.2) is 32.7 Å². The Bertz CT molecular complexity index is 2950. The van der Waals surface area contributed by atoms with E-state index in [0.29, 0.717) is 20.3 Å². The maximum atomic E-state index is 12.3. The summed E-state index contributed by atoms with van der Waals surface area (Å²) in [4.78, 5) is 51.7. The Morgan fingerprint density at radius 2 is 1.00 bits per heavy atom. The van der Waals surface area contributed by atoms with E-state index in [0.717, 1.165) is 67.3 Å². The molecule has 0 bridgehead atoms. The van der Waals surface area contributed by atoms with Crippen molar-refractivity contribution in [1.29, 1.82) is 0 Å². The van der Waals surface area contributed by atoms with E-state index >= 15 is 0 Å². The van der Waals surface area contributed by atoms with Crippen LogP contribution in [0.2, 0.25) is 0 Å². The highest BCUT2D eigenvalue weighted by atomic mass is 79.9. The predicted octanol–water partition coefficient (Wildman–Crippen LogP) is 13.6. The molecule has 9 nitrogen and oxygen atoms in total. The number of aromatic nitrogens is 3. The number of aryl methyl sites for hydroxylation is 2. The van der Waals surface area contributed by atoms with Crippen LogP contribution in [0.25, 0.3) is 32.7 Å². The number of pyridine rings is 3. The first-order valence-electron chi connectivity index (χ1n) is 17.7. The SMILES string of the molecule is Cc1cc(C(=O)Nc2cccc3cccnc23)sc1Br.Cc1csc(C(=O)Nc2cccc3cccnc23)c1.O=C(Nc1cccc2cccnc12)c1sc(Br)cc1Br. The fourth-order valence-electron chi connectivity index (χ4n) is 5.78. The zero-order valence-corrected chi connectivity index (χ0v) is 38.3. The molecule has 0 atom stereocenters. The van der Waals surface area contributed by atoms with Crippen molar-refractivity contribution >= 4 is 149 Å². The van der Waals surface area contributed by atoms with Crippen LogP contribution >= 0.6 is 81.8 Å². The second kappa shape index (κ2) is 19.3. The van der Waals surface area contributed by atoms with Crippen molar-refractivity contribution in [2.75, 3.05) is 16.0 Å². The number of carbonyl (C=O) groups excluding carboxylic acids is 3. The van der Waals surface area contributed by atoms with Crippen molar-refractivity contribution in [2.45, 2.75) is 13.8 Å². The minimum absolute atomic E-state index is 0.0868. The number of hydrogen-bond donors (Lipinski definition) is 3. The minimum atomic E-state index is -0.147. The second-order valence-electron chi connectivity index (χ2n) is 12.8. The predicted molar refractivity (Wildman–Crippen MR) is 255 cm³/mol. The van der Waals surface area contributed by atoms with E-state index in [9.17, 15) is 14.4 Å². The van der Waals surface area contributed by atoms with E-state index < -0.39 is 0 Å². The molecular formula is C44H31Br3N6O3S3. The summed E-state index contributed by atoms with van der Waals surface area (Å²) in [6.07, 6.45) is 5.17. The van der Waals surface area contributed by atoms with E-state index in [2.05, 4.69) is 78.7 Å². The summed E-state index contributed by atoms with van der Waals surface area (Å²) >= 11 is 14.5. The van der Waals surface area contributed by atoms with Gasteiger partial charge in [-0.1, -0.05) is 54.6 Å². The Labute approximate surface area is 376 Å². The van der Waals surface area contributed by atoms with Crippen LogP contribution in [0.4, 0.5) is 17.1 Å². The summed E-state index contributed by atoms with van der Waals surface area (Å²) in [6, 6.07) is 34.4. The first-order chi connectivity index (χ1) is 28.5. The second-order valence-corrected chi connectivity index (χ2v) is 19.4. The highest BCUT2D eigenvalue weighted by Crippen LogP contribution is 2.33. The van der Waals surface area contributed by atoms with Gasteiger partial charge < -0.3 is 16.0 Å². The quantitative estimate of drug-likeness (QED) is 0.152. The Kier molecular flexibility index (Phi) is 13.7. The Morgan fingerprint density at radius 3 is 1.41 bits per heavy atom. The molecule has 3 amide bonds. The number of para-hydroxylation sites is 3. The van der Waals surface area contributed by atoms with Gasteiger partial charge in [-0.3, -0.25) is 29.3 Å². The number of nitrogens with one attached hydrogen (secondary N) is 3. The third-order valence-electron chi connectivity index (χ3n) is 8.54. The molecule has 0 radical (unpaired) electrons. The number of benzene rings is 3. The van der Waals surface area contributed by atoms with E-state index in [4.69, 9.17) is 0 Å². The van der Waals surface area contributed by atoms with Crippen molar-refractivity contribution in [3.8, 4) is 0 Å². The normalized spacial score (nSPS) is 10.7. The molecule has 0 aliphatic rings. The number of amides is 3. The Balaban J connectivity index is 0.000000134. The first kappa shape index (κ1) is 42.0. The van der Waals surface area contributed by atoms with Crippen molar-refractivity contribution < 1.29 is 14.4 Å². The van der Waals surface area contributed by atoms with E-state index in [1.54, 1.807) is 18.6 Å². The van der Waals surface area contributed by atoms with Gasteiger partial charge in [0.2, 0.25) is 0 Å². The third kappa shape index (κ3) is 10.4. The smallest absolute Gasteiger partial charge is 0.266 e. The molecule has 0 fully saturated rings. The van der Waals surface area contributed by atoms with Crippen LogP contribution in [-0.2, 0) is 0 Å². The molecule has 294 valence electrons. The number of thiophene rings is 3. The molecule has 9 aromatic rings. The molecule has 0 aliphatic heterocycles. The lowest BCUT2D eigenvalue weighted by molar-refractivity contribution is 0.102. The zero-order chi connectivity index (χ0) is 41.5. The molecule has 59 heavy (non-hydrogen) atoms. The van der Waals surface area contributed by atoms with Crippen LogP contribution in [0.15, 0.2) is 145 Å². The fourth-order valence-corrected chi connectivity index (χ4v) is 10.5. The number of fused-ring (bicyclic) bond motifs is 3. The van der Waals surface area contributed by atoms with E-state index in [-0.39, 0.29) is 17.7 Å². The summed E-state index contributed by atoms with van der Waals surface area (Å²) in [5.74, 6) is -0.344. The molecule has 9 rings (SSSR count). The number of anilines is 3. The molecule has 0 saturated heterocycles. The lowest BCUT2D eigenvalue weighted by Crippen LogP contribution is -2.11. The van der Waals surface area contributed by atoms with Crippen molar-refractivity contribution in [1.82, 2.24) is 15.0 Å². The largest absolute Gasteiger partial charge is 0.319 e. The maximum absolute atomic E-state index is 12.3. The van der Waals surface area contributed by atoms with Crippen molar-refractivity contribution in [3.63, 3.8) is 0 Å². The molecule has 15 heteroatoms. The number of halogens is 3. The van der Waals surface area contributed by atoms with Crippen LogP contribution < -0.4 is 16.0 Å². The Morgan fingerprint density at radius 1 is 0.542 bits per heavy atom. The first-order valence-corrected chi connectivity index (χ1v) is 22.6. The van der Waals surface area contributed by atoms with Crippen LogP contribution in [0, 0.1) is 13.8 Å². The minimum Gasteiger partial charge on any atom is -0.319 e. The van der Waals surface area contributed by atoms with Gasteiger partial charge in [-0.2, -0.15) is 0 Å². The molecule has 0 spiro atoms. The molecule has 6 heterocycles. The zero-order valence-electron chi connectivity index (χ0n) is 31.1. The molecule has 6 aromatic heterocycles. The van der Waals surface area contributed by atoms with Crippen molar-refractivity contribution in [2.24, 2.45) is 0 Å². The number of nitrogens with zero attached hydrogens (tertiary/aromatic N) is 3. The number of rotatable bonds is 6. The molecule has 0 aliphatic carbocycles. The van der Waals surface area contributed by atoms with Gasteiger partial charge in [0.1, 0.15) is 4.88 Å². The standard InChI is InChI=1S/C15H11BrN2OS.C15H12N2OS.C14H8Br2N2OS/c1-9-8-12(20-14(9)16)15(19)18-11-6-2-4-10-5-3-7-17-13(10)11;1-10-8-13(19-9-10)15(18)17-12-6-2-4-11-5-3-7-16-14(11)12;15-9-7-11(16)20-13(9)14(19)18-10-5-1-3-8-4-2-6-17-12(8)10/h2-8H,1H3,(H,18,19);2-9H,1H3,(H,17,18);1-7H,(H,18,19). The van der Waals surface area contributed by atoms with Crippen LogP contribution in [0.5, 0.6) is 0 Å². The number of carbonyl (C=O) groups is 3. The maximum Gasteiger partial charge on any atom is 0.266 e. The van der Waals surface area contributed by atoms with Gasteiger partial charge in [0.25, 0.3) is 17.7 Å². The molecule has 3 N–H and O–H groups in total. The molecular weight excluding hydrogens is 996 g/mol. The van der Waals surface area contributed by atoms with Gasteiger partial charge in [0.05, 0.1) is 50.9 Å². The highest BCUT2D eigenvalue weighted by Gasteiger charge is 2.16. The topological polar surface area (TPSA) is 126 Å². The fraction of sp³-hybridized carbons (Fsp3) is 0.0455. The van der Waals surface area contributed by atoms with Gasteiger partial charge in [0.15, 0.2) is 0 Å². The number of hydrogen-bond acceptors (Lipinski definition) is 9. The Hall–Kier alpha value is -5.16. The summed E-state index contributed by atoms with van der Waals surface area (Å²) in [5.41, 5.74) is 6.76. The lowest BCUT2D eigenvalue weighted by Gasteiger charge is -2.07. The lowest BCUT2D eigenvalue weighted by atomic mass is 10.2. The average molecular weight is 1030 g/mol.